The van der Waals surface area contributed by atoms with Crippen LogP contribution in [0.4, 0.5) is 11.4 Å². The molecule has 1 fully saturated rings. The third kappa shape index (κ3) is 6.66. The number of benzene rings is 2. The Morgan fingerprint density at radius 3 is 2.29 bits per heavy atom. The van der Waals surface area contributed by atoms with Gasteiger partial charge in [0.1, 0.15) is 0 Å². The van der Waals surface area contributed by atoms with E-state index in [9.17, 15) is 19.2 Å². The number of hydrogen-bond acceptors (Lipinski definition) is 6. The highest BCUT2D eigenvalue weighted by atomic mass is 16.5. The monoisotopic (exact) mass is 466 g/mol. The molecule has 1 aliphatic rings. The molecule has 2 amide bonds. The summed E-state index contributed by atoms with van der Waals surface area (Å²) in [4.78, 5) is 50.6. The number of carbonyl (C=O) groups excluding carboxylic acids is 4. The summed E-state index contributed by atoms with van der Waals surface area (Å²) >= 11 is 0. The van der Waals surface area contributed by atoms with Crippen LogP contribution in [0.2, 0.25) is 0 Å². The zero-order chi connectivity index (χ0) is 24.8. The van der Waals surface area contributed by atoms with Gasteiger partial charge in [0.05, 0.1) is 18.1 Å². The molecule has 180 valence electrons. The first-order valence-electron chi connectivity index (χ1n) is 11.2. The average molecular weight is 467 g/mol. The van der Waals surface area contributed by atoms with Gasteiger partial charge >= 0.3 is 11.9 Å². The van der Waals surface area contributed by atoms with E-state index in [1.807, 2.05) is 45.9 Å². The highest BCUT2D eigenvalue weighted by Gasteiger charge is 2.36. The molecule has 3 rings (SSSR count). The Balaban J connectivity index is 1.48. The number of hydrogen-bond donors (Lipinski definition) is 1. The molecular formula is C26H30N2O6. The Morgan fingerprint density at radius 2 is 1.68 bits per heavy atom. The average Bonchev–Trinajstić information content (AvgIpc) is 3.17. The Kier molecular flexibility index (Phi) is 8.04. The van der Waals surface area contributed by atoms with Crippen molar-refractivity contribution >= 4 is 35.1 Å². The molecular weight excluding hydrogens is 436 g/mol. The molecule has 0 spiro atoms. The van der Waals surface area contributed by atoms with Crippen LogP contribution < -0.4 is 10.2 Å². The smallest absolute Gasteiger partial charge is 0.338 e. The highest BCUT2D eigenvalue weighted by Crippen LogP contribution is 2.27. The number of anilines is 2. The van der Waals surface area contributed by atoms with Crippen molar-refractivity contribution in [1.82, 2.24) is 0 Å². The zero-order valence-electron chi connectivity index (χ0n) is 19.9. The maximum Gasteiger partial charge on any atom is 0.338 e. The van der Waals surface area contributed by atoms with Crippen molar-refractivity contribution in [3.63, 3.8) is 0 Å². The summed E-state index contributed by atoms with van der Waals surface area (Å²) in [5.41, 5.74) is 3.66. The van der Waals surface area contributed by atoms with E-state index in [0.717, 1.165) is 16.8 Å². The maximum absolute atomic E-state index is 12.5. The van der Waals surface area contributed by atoms with E-state index in [2.05, 4.69) is 5.32 Å². The summed E-state index contributed by atoms with van der Waals surface area (Å²) in [6.07, 6.45) is 0.0435. The highest BCUT2D eigenvalue weighted by molar-refractivity contribution is 6.00. The minimum atomic E-state index is -0.628. The molecule has 8 nitrogen and oxygen atoms in total. The predicted molar refractivity (Wildman–Crippen MR) is 128 cm³/mol. The van der Waals surface area contributed by atoms with Gasteiger partial charge in [0.2, 0.25) is 5.91 Å². The molecule has 1 N–H and O–H groups in total. The quantitative estimate of drug-likeness (QED) is 0.596. The Hall–Kier alpha value is -3.68. The molecule has 0 aromatic heterocycles. The van der Waals surface area contributed by atoms with E-state index >= 15 is 0 Å². The molecule has 0 aliphatic carbocycles. The molecule has 2 aromatic rings. The van der Waals surface area contributed by atoms with Crippen LogP contribution in [-0.2, 0) is 23.9 Å². The molecule has 2 aromatic carbocycles. The van der Waals surface area contributed by atoms with Crippen LogP contribution in [0.25, 0.3) is 0 Å². The molecule has 0 radical (unpaired) electrons. The minimum absolute atomic E-state index is 0.0435. The Morgan fingerprint density at radius 1 is 1.03 bits per heavy atom. The molecule has 1 saturated heterocycles. The number of carbonyl (C=O) groups is 4. The predicted octanol–water partition coefficient (Wildman–Crippen LogP) is 3.65. The number of ether oxygens (including phenoxy) is 2. The second kappa shape index (κ2) is 11.0. The topological polar surface area (TPSA) is 102 Å². The summed E-state index contributed by atoms with van der Waals surface area (Å²) in [6.45, 7) is 7.88. The van der Waals surface area contributed by atoms with Gasteiger partial charge in [-0.25, -0.2) is 4.79 Å². The van der Waals surface area contributed by atoms with Crippen molar-refractivity contribution in [2.45, 2.75) is 34.1 Å². The SMILES string of the molecule is Cc1cc(C)cc(N2C[C@@H](C(=O)OCC(=O)Nc3ccc(C(=O)OCC(C)C)cc3)CC2=O)c1. The summed E-state index contributed by atoms with van der Waals surface area (Å²) in [6, 6.07) is 12.1. The van der Waals surface area contributed by atoms with Gasteiger partial charge in [0.25, 0.3) is 5.91 Å². The lowest BCUT2D eigenvalue weighted by Gasteiger charge is -2.18. The first-order valence-corrected chi connectivity index (χ1v) is 11.2. The van der Waals surface area contributed by atoms with Crippen LogP contribution in [0.15, 0.2) is 42.5 Å². The number of rotatable bonds is 8. The molecule has 0 unspecified atom stereocenters. The van der Waals surface area contributed by atoms with Crippen molar-refractivity contribution in [2.75, 3.05) is 30.0 Å². The van der Waals surface area contributed by atoms with Gasteiger partial charge in [-0.05, 0) is 67.3 Å². The summed E-state index contributed by atoms with van der Waals surface area (Å²) in [5.74, 6) is -2.07. The van der Waals surface area contributed by atoms with Crippen molar-refractivity contribution < 1.29 is 28.7 Å². The van der Waals surface area contributed by atoms with E-state index in [0.29, 0.717) is 17.9 Å². The standard InChI is InChI=1S/C26H30N2O6/c1-16(2)14-33-25(31)19-5-7-21(8-6-19)27-23(29)15-34-26(32)20-12-24(30)28(13-20)22-10-17(3)9-18(4)11-22/h5-11,16,20H,12-15H2,1-4H3,(H,27,29)/t20-/m0/s1. The van der Waals surface area contributed by atoms with E-state index in [-0.39, 0.29) is 24.8 Å². The van der Waals surface area contributed by atoms with Gasteiger partial charge in [0.15, 0.2) is 6.61 Å². The van der Waals surface area contributed by atoms with Crippen molar-refractivity contribution in [3.8, 4) is 0 Å². The lowest BCUT2D eigenvalue weighted by Crippen LogP contribution is -2.28. The third-order valence-corrected chi connectivity index (χ3v) is 5.27. The molecule has 34 heavy (non-hydrogen) atoms. The van der Waals surface area contributed by atoms with E-state index in [1.54, 1.807) is 29.2 Å². The van der Waals surface area contributed by atoms with Crippen molar-refractivity contribution in [2.24, 2.45) is 11.8 Å². The van der Waals surface area contributed by atoms with E-state index in [4.69, 9.17) is 9.47 Å². The number of esters is 2. The lowest BCUT2D eigenvalue weighted by molar-refractivity contribution is -0.151. The summed E-state index contributed by atoms with van der Waals surface area (Å²) < 4.78 is 10.3. The van der Waals surface area contributed by atoms with Crippen LogP contribution in [0.1, 0.15) is 41.8 Å². The second-order valence-corrected chi connectivity index (χ2v) is 8.98. The minimum Gasteiger partial charge on any atom is -0.462 e. The third-order valence-electron chi connectivity index (χ3n) is 5.27. The van der Waals surface area contributed by atoms with Crippen molar-refractivity contribution in [1.29, 1.82) is 0 Å². The van der Waals surface area contributed by atoms with Crippen molar-refractivity contribution in [3.05, 3.63) is 59.2 Å². The van der Waals surface area contributed by atoms with Crippen LogP contribution in [0.5, 0.6) is 0 Å². The first kappa shape index (κ1) is 25.0. The normalized spacial score (nSPS) is 15.4. The maximum atomic E-state index is 12.5. The first-order chi connectivity index (χ1) is 16.1. The molecule has 1 aliphatic heterocycles. The molecule has 0 bridgehead atoms. The van der Waals surface area contributed by atoms with Gasteiger partial charge in [0, 0.05) is 24.3 Å². The fourth-order valence-electron chi connectivity index (χ4n) is 3.69. The molecule has 1 heterocycles. The number of nitrogens with one attached hydrogen (secondary N) is 1. The Labute approximate surface area is 199 Å². The molecule has 0 saturated carbocycles. The number of amides is 2. The van der Waals surface area contributed by atoms with Gasteiger partial charge < -0.3 is 19.7 Å². The van der Waals surface area contributed by atoms with Gasteiger partial charge in [-0.2, -0.15) is 0 Å². The second-order valence-electron chi connectivity index (χ2n) is 8.98. The fourth-order valence-corrected chi connectivity index (χ4v) is 3.69. The van der Waals surface area contributed by atoms with Gasteiger partial charge in [-0.3, -0.25) is 14.4 Å². The van der Waals surface area contributed by atoms with Crippen LogP contribution in [0.3, 0.4) is 0 Å². The zero-order valence-corrected chi connectivity index (χ0v) is 19.9. The fraction of sp³-hybridized carbons (Fsp3) is 0.385. The van der Waals surface area contributed by atoms with E-state index in [1.165, 1.54) is 0 Å². The largest absolute Gasteiger partial charge is 0.462 e. The van der Waals surface area contributed by atoms with Gasteiger partial charge in [-0.15, -0.1) is 0 Å². The van der Waals surface area contributed by atoms with Gasteiger partial charge in [-0.1, -0.05) is 19.9 Å². The summed E-state index contributed by atoms with van der Waals surface area (Å²) in [5, 5.41) is 2.61. The number of aryl methyl sites for hydroxylation is 2. The number of nitrogens with zero attached hydrogens (tertiary/aromatic N) is 1. The lowest BCUT2D eigenvalue weighted by atomic mass is 10.1. The van der Waals surface area contributed by atoms with Crippen LogP contribution >= 0.6 is 0 Å². The molecule has 8 heteroatoms. The molecule has 1 atom stereocenters. The van der Waals surface area contributed by atoms with Crippen LogP contribution in [0, 0.1) is 25.7 Å². The van der Waals surface area contributed by atoms with E-state index < -0.39 is 30.4 Å². The van der Waals surface area contributed by atoms with Crippen LogP contribution in [-0.4, -0.2) is 43.5 Å². The Bertz CT molecular complexity index is 1060. The summed E-state index contributed by atoms with van der Waals surface area (Å²) in [7, 11) is 0.